The van der Waals surface area contributed by atoms with E-state index in [1.807, 2.05) is 0 Å². The third-order valence-corrected chi connectivity index (χ3v) is 2.61. The summed E-state index contributed by atoms with van der Waals surface area (Å²) >= 11 is 5.61. The average molecular weight is 216 g/mol. The van der Waals surface area contributed by atoms with Crippen molar-refractivity contribution in [2.45, 2.75) is 25.0 Å². The molecule has 2 N–H and O–H groups in total. The molecule has 2 rings (SSSR count). The summed E-state index contributed by atoms with van der Waals surface area (Å²) < 4.78 is 18.3. The zero-order chi connectivity index (χ0) is 10.1. The average Bonchev–Trinajstić information content (AvgIpc) is 2.09. The van der Waals surface area contributed by atoms with Crippen molar-refractivity contribution in [1.82, 2.24) is 0 Å². The van der Waals surface area contributed by atoms with Crippen LogP contribution < -0.4 is 10.5 Å². The van der Waals surface area contributed by atoms with E-state index in [2.05, 4.69) is 0 Å². The zero-order valence-electron chi connectivity index (χ0n) is 7.54. The maximum Gasteiger partial charge on any atom is 0.142 e. The van der Waals surface area contributed by atoms with Crippen molar-refractivity contribution in [3.63, 3.8) is 0 Å². The molecule has 0 amide bonds. The summed E-state index contributed by atoms with van der Waals surface area (Å²) in [5.74, 6) is 0.178. The summed E-state index contributed by atoms with van der Waals surface area (Å²) in [5.41, 5.74) is 5.61. The monoisotopic (exact) mass is 215 g/mol. The highest BCUT2D eigenvalue weighted by Gasteiger charge is 2.27. The van der Waals surface area contributed by atoms with Crippen LogP contribution >= 0.6 is 11.6 Å². The number of hydrogen-bond donors (Lipinski definition) is 1. The van der Waals surface area contributed by atoms with Crippen LogP contribution in [0, 0.1) is 5.82 Å². The third kappa shape index (κ3) is 1.99. The first-order valence-corrected chi connectivity index (χ1v) is 4.90. The van der Waals surface area contributed by atoms with Gasteiger partial charge in [-0.15, -0.1) is 0 Å². The first kappa shape index (κ1) is 9.74. The van der Waals surface area contributed by atoms with Gasteiger partial charge in [0.2, 0.25) is 0 Å². The molecule has 1 fully saturated rings. The Morgan fingerprint density at radius 2 is 2.14 bits per heavy atom. The third-order valence-electron chi connectivity index (χ3n) is 2.33. The van der Waals surface area contributed by atoms with Gasteiger partial charge >= 0.3 is 0 Å². The van der Waals surface area contributed by atoms with E-state index in [9.17, 15) is 4.39 Å². The van der Waals surface area contributed by atoms with Crippen molar-refractivity contribution in [2.24, 2.45) is 5.73 Å². The second-order valence-electron chi connectivity index (χ2n) is 3.55. The van der Waals surface area contributed by atoms with E-state index in [0.717, 1.165) is 12.8 Å². The minimum absolute atomic E-state index is 0.0890. The number of rotatable bonds is 2. The van der Waals surface area contributed by atoms with Crippen LogP contribution in [0.2, 0.25) is 5.02 Å². The Balaban J connectivity index is 2.00. The Labute approximate surface area is 86.8 Å². The van der Waals surface area contributed by atoms with E-state index in [4.69, 9.17) is 22.1 Å². The van der Waals surface area contributed by atoms with Gasteiger partial charge in [-0.05, 0) is 25.0 Å². The van der Waals surface area contributed by atoms with Crippen LogP contribution in [-0.4, -0.2) is 12.1 Å². The van der Waals surface area contributed by atoms with E-state index >= 15 is 0 Å². The van der Waals surface area contributed by atoms with Gasteiger partial charge in [-0.2, -0.15) is 0 Å². The molecular formula is C10H11ClFNO. The molecule has 0 spiro atoms. The normalized spacial score (nSPS) is 25.6. The summed E-state index contributed by atoms with van der Waals surface area (Å²) in [6.45, 7) is 0. The molecule has 2 nitrogen and oxygen atoms in total. The molecule has 4 heteroatoms. The molecule has 0 unspecified atom stereocenters. The van der Waals surface area contributed by atoms with Gasteiger partial charge in [0.15, 0.2) is 0 Å². The fraction of sp³-hybridized carbons (Fsp3) is 0.400. The molecule has 1 saturated carbocycles. The van der Waals surface area contributed by atoms with Gasteiger partial charge < -0.3 is 10.5 Å². The molecule has 76 valence electrons. The number of ether oxygens (including phenoxy) is 1. The van der Waals surface area contributed by atoms with Crippen molar-refractivity contribution in [3.05, 3.63) is 29.0 Å². The molecule has 1 aromatic carbocycles. The number of benzene rings is 1. The largest absolute Gasteiger partial charge is 0.490 e. The lowest BCUT2D eigenvalue weighted by atomic mass is 9.90. The van der Waals surface area contributed by atoms with Gasteiger partial charge in [-0.3, -0.25) is 0 Å². The molecule has 0 aliphatic heterocycles. The van der Waals surface area contributed by atoms with Crippen LogP contribution in [0.25, 0.3) is 0 Å². The summed E-state index contributed by atoms with van der Waals surface area (Å²) in [6, 6.07) is 4.61. The molecule has 0 radical (unpaired) electrons. The topological polar surface area (TPSA) is 35.2 Å². The SMILES string of the molecule is N[C@H]1C[C@H](Oc2ccc(F)c(Cl)c2)C1. The smallest absolute Gasteiger partial charge is 0.142 e. The summed E-state index contributed by atoms with van der Waals surface area (Å²) in [4.78, 5) is 0. The van der Waals surface area contributed by atoms with E-state index in [-0.39, 0.29) is 17.2 Å². The molecule has 0 saturated heterocycles. The standard InChI is InChI=1S/C10H11ClFNO/c11-9-5-7(1-2-10(9)12)14-8-3-6(13)4-8/h1-2,5-6,8H,3-4,13H2/t6-,8-. The highest BCUT2D eigenvalue weighted by molar-refractivity contribution is 6.30. The molecule has 0 bridgehead atoms. The predicted molar refractivity (Wildman–Crippen MR) is 53.0 cm³/mol. The molecule has 1 aromatic rings. The zero-order valence-corrected chi connectivity index (χ0v) is 8.30. The van der Waals surface area contributed by atoms with Crippen LogP contribution in [0.5, 0.6) is 5.75 Å². The number of halogens is 2. The van der Waals surface area contributed by atoms with Crippen LogP contribution in [0.1, 0.15) is 12.8 Å². The summed E-state index contributed by atoms with van der Waals surface area (Å²) in [6.07, 6.45) is 1.87. The Bertz CT molecular complexity index is 339. The van der Waals surface area contributed by atoms with Crippen molar-refractivity contribution in [2.75, 3.05) is 0 Å². The van der Waals surface area contributed by atoms with E-state index in [1.165, 1.54) is 12.1 Å². The van der Waals surface area contributed by atoms with E-state index < -0.39 is 5.82 Å². The fourth-order valence-corrected chi connectivity index (χ4v) is 1.62. The second kappa shape index (κ2) is 3.75. The van der Waals surface area contributed by atoms with E-state index in [1.54, 1.807) is 6.07 Å². The molecular weight excluding hydrogens is 205 g/mol. The number of hydrogen-bond acceptors (Lipinski definition) is 2. The van der Waals surface area contributed by atoms with Gasteiger partial charge in [0.05, 0.1) is 5.02 Å². The van der Waals surface area contributed by atoms with E-state index in [0.29, 0.717) is 5.75 Å². The maximum atomic E-state index is 12.8. The van der Waals surface area contributed by atoms with Crippen LogP contribution in [0.3, 0.4) is 0 Å². The first-order chi connectivity index (χ1) is 6.65. The van der Waals surface area contributed by atoms with Gasteiger partial charge in [-0.1, -0.05) is 11.6 Å². The Hall–Kier alpha value is -0.800. The summed E-state index contributed by atoms with van der Waals surface area (Å²) in [7, 11) is 0. The molecule has 0 atom stereocenters. The Morgan fingerprint density at radius 3 is 2.71 bits per heavy atom. The molecule has 0 aromatic heterocycles. The highest BCUT2D eigenvalue weighted by atomic mass is 35.5. The van der Waals surface area contributed by atoms with Crippen molar-refractivity contribution < 1.29 is 9.13 Å². The maximum absolute atomic E-state index is 12.8. The lowest BCUT2D eigenvalue weighted by Crippen LogP contribution is -2.43. The Kier molecular flexibility index (Phi) is 2.61. The first-order valence-electron chi connectivity index (χ1n) is 4.52. The quantitative estimate of drug-likeness (QED) is 0.822. The van der Waals surface area contributed by atoms with Gasteiger partial charge in [-0.25, -0.2) is 4.39 Å². The van der Waals surface area contributed by atoms with Crippen molar-refractivity contribution in [3.8, 4) is 5.75 Å². The lowest BCUT2D eigenvalue weighted by Gasteiger charge is -2.32. The molecule has 1 aliphatic carbocycles. The second-order valence-corrected chi connectivity index (χ2v) is 3.95. The summed E-state index contributed by atoms with van der Waals surface area (Å²) in [5, 5.41) is 0.0890. The van der Waals surface area contributed by atoms with Crippen molar-refractivity contribution in [1.29, 1.82) is 0 Å². The van der Waals surface area contributed by atoms with Crippen molar-refractivity contribution >= 4 is 11.6 Å². The lowest BCUT2D eigenvalue weighted by molar-refractivity contribution is 0.101. The molecule has 0 heterocycles. The Morgan fingerprint density at radius 1 is 1.43 bits per heavy atom. The van der Waals surface area contributed by atoms with Gasteiger partial charge in [0.25, 0.3) is 0 Å². The van der Waals surface area contributed by atoms with Crippen LogP contribution in [-0.2, 0) is 0 Å². The minimum Gasteiger partial charge on any atom is -0.490 e. The highest BCUT2D eigenvalue weighted by Crippen LogP contribution is 2.27. The van der Waals surface area contributed by atoms with Gasteiger partial charge in [0.1, 0.15) is 17.7 Å². The molecule has 14 heavy (non-hydrogen) atoms. The van der Waals surface area contributed by atoms with Crippen LogP contribution in [0.4, 0.5) is 4.39 Å². The van der Waals surface area contributed by atoms with Crippen LogP contribution in [0.15, 0.2) is 18.2 Å². The minimum atomic E-state index is -0.427. The molecule has 1 aliphatic rings. The number of nitrogens with two attached hydrogens (primary N) is 1. The van der Waals surface area contributed by atoms with Gasteiger partial charge in [0, 0.05) is 12.1 Å². The fourth-order valence-electron chi connectivity index (χ4n) is 1.45. The predicted octanol–water partition coefficient (Wildman–Crippen LogP) is 2.35.